The van der Waals surface area contributed by atoms with Crippen LogP contribution in [0, 0.1) is 5.92 Å². The maximum atomic E-state index is 12.0. The Labute approximate surface area is 126 Å². The summed E-state index contributed by atoms with van der Waals surface area (Å²) >= 11 is 1.76. The van der Waals surface area contributed by atoms with Crippen molar-refractivity contribution in [3.63, 3.8) is 0 Å². The molecule has 2 atom stereocenters. The standard InChI is InChI=1S/C15H27NO3S/c1-2-5-12(7-8-14(17)18)9-10-16-15(19)13-6-3-4-11-20-13/h12-13H,2-11H2,1H3,(H,16,19)(H,17,18). The largest absolute Gasteiger partial charge is 0.481 e. The third kappa shape index (κ3) is 7.17. The number of nitrogens with one attached hydrogen (secondary N) is 1. The molecule has 0 aromatic rings. The van der Waals surface area contributed by atoms with E-state index in [2.05, 4.69) is 12.2 Å². The fourth-order valence-electron chi connectivity index (χ4n) is 2.63. The highest BCUT2D eigenvalue weighted by atomic mass is 32.2. The molecule has 1 aliphatic heterocycles. The maximum Gasteiger partial charge on any atom is 0.303 e. The summed E-state index contributed by atoms with van der Waals surface area (Å²) in [4.78, 5) is 22.6. The van der Waals surface area contributed by atoms with Gasteiger partial charge in [0.2, 0.25) is 5.91 Å². The van der Waals surface area contributed by atoms with Gasteiger partial charge in [-0.25, -0.2) is 0 Å². The number of thioether (sulfide) groups is 1. The molecule has 5 heteroatoms. The van der Waals surface area contributed by atoms with Gasteiger partial charge in [0.1, 0.15) is 0 Å². The minimum atomic E-state index is -0.728. The van der Waals surface area contributed by atoms with Crippen LogP contribution < -0.4 is 5.32 Å². The summed E-state index contributed by atoms with van der Waals surface area (Å²) in [6.07, 6.45) is 7.33. The number of carboxylic acids is 1. The average molecular weight is 301 g/mol. The molecule has 1 aliphatic rings. The Hall–Kier alpha value is -0.710. The van der Waals surface area contributed by atoms with Crippen LogP contribution in [0.1, 0.15) is 58.3 Å². The van der Waals surface area contributed by atoms with Crippen molar-refractivity contribution in [3.8, 4) is 0 Å². The van der Waals surface area contributed by atoms with Gasteiger partial charge in [-0.1, -0.05) is 26.2 Å². The Morgan fingerprint density at radius 3 is 2.70 bits per heavy atom. The van der Waals surface area contributed by atoms with Crippen molar-refractivity contribution in [1.29, 1.82) is 0 Å². The minimum absolute atomic E-state index is 0.132. The van der Waals surface area contributed by atoms with Gasteiger partial charge >= 0.3 is 5.97 Å². The van der Waals surface area contributed by atoms with Crippen molar-refractivity contribution >= 4 is 23.6 Å². The highest BCUT2D eigenvalue weighted by molar-refractivity contribution is 8.00. The molecule has 0 aromatic carbocycles. The molecule has 0 bridgehead atoms. The quantitative estimate of drug-likeness (QED) is 0.687. The first-order valence-corrected chi connectivity index (χ1v) is 8.79. The maximum absolute atomic E-state index is 12.0. The normalized spacial score (nSPS) is 20.4. The molecule has 0 aliphatic carbocycles. The third-order valence-electron chi connectivity index (χ3n) is 3.79. The van der Waals surface area contributed by atoms with E-state index in [1.807, 2.05) is 0 Å². The summed E-state index contributed by atoms with van der Waals surface area (Å²) < 4.78 is 0. The zero-order valence-electron chi connectivity index (χ0n) is 12.4. The summed E-state index contributed by atoms with van der Waals surface area (Å²) in [5.41, 5.74) is 0. The first-order chi connectivity index (χ1) is 9.63. The van der Waals surface area contributed by atoms with Crippen molar-refractivity contribution in [2.24, 2.45) is 5.92 Å². The summed E-state index contributed by atoms with van der Waals surface area (Å²) in [6, 6.07) is 0. The predicted molar refractivity (Wildman–Crippen MR) is 83.0 cm³/mol. The Morgan fingerprint density at radius 1 is 1.30 bits per heavy atom. The number of hydrogen-bond donors (Lipinski definition) is 2. The van der Waals surface area contributed by atoms with Crippen LogP contribution in [0.5, 0.6) is 0 Å². The topological polar surface area (TPSA) is 66.4 Å². The molecular formula is C15H27NO3S. The fourth-order valence-corrected chi connectivity index (χ4v) is 3.85. The summed E-state index contributed by atoms with van der Waals surface area (Å²) in [5, 5.41) is 11.9. The lowest BCUT2D eigenvalue weighted by molar-refractivity contribution is -0.137. The second-order valence-corrected chi connectivity index (χ2v) is 6.83. The van der Waals surface area contributed by atoms with Crippen molar-refractivity contribution in [2.75, 3.05) is 12.3 Å². The number of carbonyl (C=O) groups is 2. The van der Waals surface area contributed by atoms with E-state index in [1.165, 1.54) is 6.42 Å². The average Bonchev–Trinajstić information content (AvgIpc) is 2.45. The van der Waals surface area contributed by atoms with Crippen LogP contribution in [-0.2, 0) is 9.59 Å². The van der Waals surface area contributed by atoms with E-state index in [-0.39, 0.29) is 17.6 Å². The van der Waals surface area contributed by atoms with Gasteiger partial charge in [0.05, 0.1) is 5.25 Å². The van der Waals surface area contributed by atoms with E-state index in [9.17, 15) is 9.59 Å². The molecule has 0 spiro atoms. The Bertz CT molecular complexity index is 303. The van der Waals surface area contributed by atoms with Crippen LogP contribution in [0.15, 0.2) is 0 Å². The Kier molecular flexibility index (Phi) is 8.74. The summed E-state index contributed by atoms with van der Waals surface area (Å²) in [6.45, 7) is 2.80. The molecule has 1 heterocycles. The van der Waals surface area contributed by atoms with Crippen molar-refractivity contribution in [1.82, 2.24) is 5.32 Å². The summed E-state index contributed by atoms with van der Waals surface area (Å²) in [7, 11) is 0. The van der Waals surface area contributed by atoms with Gasteiger partial charge in [0.15, 0.2) is 0 Å². The molecule has 116 valence electrons. The predicted octanol–water partition coefficient (Wildman–Crippen LogP) is 3.06. The second kappa shape index (κ2) is 10.1. The van der Waals surface area contributed by atoms with Crippen LogP contribution >= 0.6 is 11.8 Å². The van der Waals surface area contributed by atoms with Crippen molar-refractivity contribution in [3.05, 3.63) is 0 Å². The first-order valence-electron chi connectivity index (χ1n) is 7.74. The van der Waals surface area contributed by atoms with Crippen molar-refractivity contribution in [2.45, 2.75) is 63.5 Å². The minimum Gasteiger partial charge on any atom is -0.481 e. The van der Waals surface area contributed by atoms with Crippen LogP contribution in [0.2, 0.25) is 0 Å². The van der Waals surface area contributed by atoms with Crippen LogP contribution in [-0.4, -0.2) is 34.5 Å². The monoisotopic (exact) mass is 301 g/mol. The molecular weight excluding hydrogens is 274 g/mol. The molecule has 20 heavy (non-hydrogen) atoms. The Morgan fingerprint density at radius 2 is 2.10 bits per heavy atom. The van der Waals surface area contributed by atoms with Crippen molar-refractivity contribution < 1.29 is 14.7 Å². The molecule has 1 amide bonds. The third-order valence-corrected chi connectivity index (χ3v) is 5.16. The molecule has 0 saturated carbocycles. The molecule has 1 fully saturated rings. The molecule has 0 aromatic heterocycles. The van der Waals surface area contributed by atoms with E-state index < -0.39 is 5.97 Å². The Balaban J connectivity index is 2.21. The number of hydrogen-bond acceptors (Lipinski definition) is 3. The van der Waals surface area contributed by atoms with Crippen LogP contribution in [0.25, 0.3) is 0 Å². The fraction of sp³-hybridized carbons (Fsp3) is 0.867. The molecule has 1 rings (SSSR count). The zero-order valence-corrected chi connectivity index (χ0v) is 13.2. The first kappa shape index (κ1) is 17.3. The van der Waals surface area contributed by atoms with E-state index in [0.717, 1.165) is 44.3 Å². The van der Waals surface area contributed by atoms with E-state index in [1.54, 1.807) is 11.8 Å². The van der Waals surface area contributed by atoms with Gasteiger partial charge < -0.3 is 10.4 Å². The molecule has 2 unspecified atom stereocenters. The molecule has 4 nitrogen and oxygen atoms in total. The summed E-state index contributed by atoms with van der Waals surface area (Å²) in [5.74, 6) is 0.946. The molecule has 2 N–H and O–H groups in total. The van der Waals surface area contributed by atoms with E-state index in [4.69, 9.17) is 5.11 Å². The number of amides is 1. The van der Waals surface area contributed by atoms with E-state index in [0.29, 0.717) is 12.5 Å². The van der Waals surface area contributed by atoms with Gasteiger partial charge in [-0.3, -0.25) is 9.59 Å². The lowest BCUT2D eigenvalue weighted by atomic mass is 9.94. The van der Waals surface area contributed by atoms with Gasteiger partial charge in [0, 0.05) is 13.0 Å². The second-order valence-electron chi connectivity index (χ2n) is 5.52. The van der Waals surface area contributed by atoms with Gasteiger partial charge in [-0.05, 0) is 37.4 Å². The smallest absolute Gasteiger partial charge is 0.303 e. The zero-order chi connectivity index (χ0) is 14.8. The lowest BCUT2D eigenvalue weighted by Crippen LogP contribution is -2.35. The number of aliphatic carboxylic acids is 1. The number of carbonyl (C=O) groups excluding carboxylic acids is 1. The number of carboxylic acid groups (broad SMARTS) is 1. The van der Waals surface area contributed by atoms with Gasteiger partial charge in [-0.15, -0.1) is 11.8 Å². The lowest BCUT2D eigenvalue weighted by Gasteiger charge is -2.21. The van der Waals surface area contributed by atoms with E-state index >= 15 is 0 Å². The highest BCUT2D eigenvalue weighted by Gasteiger charge is 2.21. The molecule has 1 saturated heterocycles. The van der Waals surface area contributed by atoms with Crippen LogP contribution in [0.3, 0.4) is 0 Å². The van der Waals surface area contributed by atoms with Crippen LogP contribution in [0.4, 0.5) is 0 Å². The SMILES string of the molecule is CCCC(CCNC(=O)C1CCCCS1)CCC(=O)O. The highest BCUT2D eigenvalue weighted by Crippen LogP contribution is 2.25. The molecule has 0 radical (unpaired) electrons. The van der Waals surface area contributed by atoms with Gasteiger partial charge in [-0.2, -0.15) is 0 Å². The van der Waals surface area contributed by atoms with Gasteiger partial charge in [0.25, 0.3) is 0 Å². The number of rotatable bonds is 9.